The Morgan fingerprint density at radius 1 is 1.24 bits per heavy atom. The van der Waals surface area contributed by atoms with Crippen LogP contribution in [0.15, 0.2) is 42.5 Å². The third kappa shape index (κ3) is 6.78. The van der Waals surface area contributed by atoms with Gasteiger partial charge in [0.15, 0.2) is 0 Å². The van der Waals surface area contributed by atoms with E-state index in [1.54, 1.807) is 0 Å². The molecule has 2 atom stereocenters. The van der Waals surface area contributed by atoms with Gasteiger partial charge in [0.1, 0.15) is 5.82 Å². The average molecular weight is 451 g/mol. The number of nitrogens with zero attached hydrogens (tertiary/aromatic N) is 3. The van der Waals surface area contributed by atoms with Gasteiger partial charge in [0.2, 0.25) is 0 Å². The van der Waals surface area contributed by atoms with Crippen LogP contribution in [0.2, 0.25) is 0 Å². The van der Waals surface area contributed by atoms with E-state index in [1.165, 1.54) is 30.5 Å². The molecule has 0 radical (unpaired) electrons. The number of nitrogens with one attached hydrogen (secondary N) is 1. The summed E-state index contributed by atoms with van der Waals surface area (Å²) >= 11 is 0. The number of fused-ring (bicyclic) bond motifs is 1. The number of benzene rings is 1. The van der Waals surface area contributed by atoms with E-state index in [4.69, 9.17) is 4.98 Å². The number of aromatic nitrogens is 1. The summed E-state index contributed by atoms with van der Waals surface area (Å²) in [6.45, 7) is 5.32. The molecule has 1 aromatic heterocycles. The first-order valence-electron chi connectivity index (χ1n) is 12.5. The normalized spacial score (nSPS) is 19.6. The lowest BCUT2D eigenvalue weighted by atomic mass is 9.95. The number of pyridine rings is 1. The first-order chi connectivity index (χ1) is 16.1. The zero-order valence-corrected chi connectivity index (χ0v) is 19.9. The summed E-state index contributed by atoms with van der Waals surface area (Å²) in [6.07, 6.45) is 7.05. The number of rotatable bonds is 10. The van der Waals surface area contributed by atoms with Crippen molar-refractivity contribution in [2.45, 2.75) is 51.0 Å². The minimum Gasteiger partial charge on any atom is -0.481 e. The van der Waals surface area contributed by atoms with Gasteiger partial charge in [0, 0.05) is 31.4 Å². The maximum atomic E-state index is 11.5. The SMILES string of the molecule is CN(C[C@@H]1CCCN(CCCc2ccc3c(n2)NCCC3)C1)C(CC(=O)O)c1ccccc1. The molecular weight excluding hydrogens is 412 g/mol. The van der Waals surface area contributed by atoms with Gasteiger partial charge in [-0.15, -0.1) is 0 Å². The van der Waals surface area contributed by atoms with Crippen LogP contribution in [0.25, 0.3) is 0 Å². The molecule has 1 aromatic carbocycles. The molecule has 4 rings (SSSR count). The van der Waals surface area contributed by atoms with Crippen molar-refractivity contribution >= 4 is 11.8 Å². The molecule has 0 amide bonds. The number of carboxylic acid groups (broad SMARTS) is 1. The highest BCUT2D eigenvalue weighted by molar-refractivity contribution is 5.68. The summed E-state index contributed by atoms with van der Waals surface area (Å²) < 4.78 is 0. The van der Waals surface area contributed by atoms with Gasteiger partial charge in [-0.05, 0) is 81.8 Å². The summed E-state index contributed by atoms with van der Waals surface area (Å²) in [7, 11) is 2.08. The molecule has 6 heteroatoms. The van der Waals surface area contributed by atoms with E-state index in [2.05, 4.69) is 34.3 Å². The summed E-state index contributed by atoms with van der Waals surface area (Å²) in [6, 6.07) is 14.4. The molecule has 1 saturated heterocycles. The van der Waals surface area contributed by atoms with Crippen LogP contribution in [0.5, 0.6) is 0 Å². The average Bonchev–Trinajstić information content (AvgIpc) is 2.83. The van der Waals surface area contributed by atoms with Gasteiger partial charge in [-0.25, -0.2) is 4.98 Å². The van der Waals surface area contributed by atoms with Crippen molar-refractivity contribution in [3.05, 3.63) is 59.3 Å². The zero-order chi connectivity index (χ0) is 23.0. The van der Waals surface area contributed by atoms with E-state index in [1.807, 2.05) is 30.3 Å². The Morgan fingerprint density at radius 2 is 2.09 bits per heavy atom. The number of likely N-dealkylation sites (tertiary alicyclic amines) is 1. The van der Waals surface area contributed by atoms with Gasteiger partial charge < -0.3 is 15.3 Å². The number of aryl methyl sites for hydroxylation is 2. The molecule has 2 aliphatic heterocycles. The Bertz CT molecular complexity index is 904. The molecule has 2 aromatic rings. The molecule has 2 aliphatic rings. The fourth-order valence-corrected chi connectivity index (χ4v) is 5.40. The molecule has 0 bridgehead atoms. The van der Waals surface area contributed by atoms with E-state index >= 15 is 0 Å². The van der Waals surface area contributed by atoms with Crippen molar-refractivity contribution in [3.8, 4) is 0 Å². The van der Waals surface area contributed by atoms with Crippen molar-refractivity contribution in [2.24, 2.45) is 5.92 Å². The molecule has 33 heavy (non-hydrogen) atoms. The Morgan fingerprint density at radius 3 is 2.91 bits per heavy atom. The van der Waals surface area contributed by atoms with Crippen LogP contribution in [-0.4, -0.2) is 65.6 Å². The van der Waals surface area contributed by atoms with Crippen molar-refractivity contribution < 1.29 is 9.90 Å². The standard InChI is InChI=1S/C27H38N4O2/c1-30(25(18-26(32)33)22-9-3-2-4-10-22)19-21-8-6-16-31(20-21)17-7-12-24-14-13-23-11-5-15-28-27(23)29-24/h2-4,9-10,13-14,21,25H,5-8,11-12,15-20H2,1H3,(H,28,29)(H,32,33)/t21-,25?/m0/s1. The van der Waals surface area contributed by atoms with E-state index in [-0.39, 0.29) is 12.5 Å². The predicted octanol–water partition coefficient (Wildman–Crippen LogP) is 4.23. The van der Waals surface area contributed by atoms with Gasteiger partial charge >= 0.3 is 5.97 Å². The number of anilines is 1. The van der Waals surface area contributed by atoms with Crippen LogP contribution in [-0.2, 0) is 17.6 Å². The number of carboxylic acids is 1. The highest BCUT2D eigenvalue weighted by atomic mass is 16.4. The third-order valence-corrected chi connectivity index (χ3v) is 7.09. The van der Waals surface area contributed by atoms with Crippen LogP contribution in [0.3, 0.4) is 0 Å². The van der Waals surface area contributed by atoms with Crippen molar-refractivity contribution in [2.75, 3.05) is 45.1 Å². The Labute approximate surface area is 198 Å². The Hall–Kier alpha value is -2.44. The van der Waals surface area contributed by atoms with Crippen molar-refractivity contribution in [3.63, 3.8) is 0 Å². The molecule has 0 saturated carbocycles. The topological polar surface area (TPSA) is 68.7 Å². The van der Waals surface area contributed by atoms with E-state index in [9.17, 15) is 9.90 Å². The lowest BCUT2D eigenvalue weighted by Gasteiger charge is -2.37. The van der Waals surface area contributed by atoms with Crippen LogP contribution in [0, 0.1) is 5.92 Å². The molecule has 6 nitrogen and oxygen atoms in total. The maximum absolute atomic E-state index is 11.5. The summed E-state index contributed by atoms with van der Waals surface area (Å²) in [4.78, 5) is 21.2. The number of hydrogen-bond acceptors (Lipinski definition) is 5. The largest absolute Gasteiger partial charge is 0.481 e. The minimum absolute atomic E-state index is 0.0808. The molecule has 178 valence electrons. The summed E-state index contributed by atoms with van der Waals surface area (Å²) in [5.74, 6) is 0.927. The number of aliphatic carboxylic acids is 1. The van der Waals surface area contributed by atoms with Crippen LogP contribution >= 0.6 is 0 Å². The number of carbonyl (C=O) groups is 1. The molecule has 0 spiro atoms. The van der Waals surface area contributed by atoms with Crippen molar-refractivity contribution in [1.82, 2.24) is 14.8 Å². The molecule has 1 unspecified atom stereocenters. The monoisotopic (exact) mass is 450 g/mol. The fourth-order valence-electron chi connectivity index (χ4n) is 5.40. The number of piperidine rings is 1. The zero-order valence-electron chi connectivity index (χ0n) is 19.9. The first kappa shape index (κ1) is 23.7. The second-order valence-electron chi connectivity index (χ2n) is 9.72. The van der Waals surface area contributed by atoms with Crippen molar-refractivity contribution in [1.29, 1.82) is 0 Å². The summed E-state index contributed by atoms with van der Waals surface area (Å²) in [5.41, 5.74) is 3.63. The Kier molecular flexibility index (Phi) is 8.35. The second kappa shape index (κ2) is 11.6. The molecule has 3 heterocycles. The lowest BCUT2D eigenvalue weighted by molar-refractivity contribution is -0.138. The minimum atomic E-state index is -0.744. The maximum Gasteiger partial charge on any atom is 0.305 e. The molecular formula is C27H38N4O2. The van der Waals surface area contributed by atoms with E-state index < -0.39 is 5.97 Å². The number of hydrogen-bond donors (Lipinski definition) is 2. The fraction of sp³-hybridized carbons (Fsp3) is 0.556. The summed E-state index contributed by atoms with van der Waals surface area (Å²) in [5, 5.41) is 12.9. The molecule has 1 fully saturated rings. The lowest BCUT2D eigenvalue weighted by Crippen LogP contribution is -2.41. The highest BCUT2D eigenvalue weighted by Gasteiger charge is 2.26. The van der Waals surface area contributed by atoms with Gasteiger partial charge in [-0.1, -0.05) is 36.4 Å². The third-order valence-electron chi connectivity index (χ3n) is 7.09. The quantitative estimate of drug-likeness (QED) is 0.565. The second-order valence-corrected chi connectivity index (χ2v) is 9.72. The van der Waals surface area contributed by atoms with Gasteiger partial charge in [-0.3, -0.25) is 9.69 Å². The van der Waals surface area contributed by atoms with E-state index in [0.717, 1.165) is 63.4 Å². The molecule has 0 aliphatic carbocycles. The van der Waals surface area contributed by atoms with Gasteiger partial charge in [0.05, 0.1) is 6.42 Å². The van der Waals surface area contributed by atoms with Gasteiger partial charge in [0.25, 0.3) is 0 Å². The molecule has 2 N–H and O–H groups in total. The van der Waals surface area contributed by atoms with Crippen LogP contribution < -0.4 is 5.32 Å². The predicted molar refractivity (Wildman–Crippen MR) is 133 cm³/mol. The van der Waals surface area contributed by atoms with Crippen LogP contribution in [0.1, 0.15) is 55.0 Å². The smallest absolute Gasteiger partial charge is 0.305 e. The highest BCUT2D eigenvalue weighted by Crippen LogP contribution is 2.26. The van der Waals surface area contributed by atoms with Crippen LogP contribution in [0.4, 0.5) is 5.82 Å². The first-order valence-corrected chi connectivity index (χ1v) is 12.5. The Balaban J connectivity index is 1.26. The van der Waals surface area contributed by atoms with E-state index in [0.29, 0.717) is 5.92 Å². The van der Waals surface area contributed by atoms with Gasteiger partial charge in [-0.2, -0.15) is 0 Å².